The van der Waals surface area contributed by atoms with Crippen molar-refractivity contribution in [3.8, 4) is 5.88 Å². The molecule has 0 unspecified atom stereocenters. The Labute approximate surface area is 147 Å². The van der Waals surface area contributed by atoms with E-state index in [1.54, 1.807) is 6.20 Å². The van der Waals surface area contributed by atoms with Gasteiger partial charge in [0.2, 0.25) is 5.88 Å². The molecular weight excluding hydrogens is 318 g/mol. The minimum Gasteiger partial charge on any atom is -0.478 e. The van der Waals surface area contributed by atoms with Crippen molar-refractivity contribution in [1.82, 2.24) is 25.2 Å². The van der Waals surface area contributed by atoms with Crippen LogP contribution in [0.25, 0.3) is 0 Å². The number of ether oxygens (including phenoxy) is 1. The summed E-state index contributed by atoms with van der Waals surface area (Å²) < 4.78 is 5.50. The van der Waals surface area contributed by atoms with Crippen LogP contribution in [0.4, 0.5) is 0 Å². The number of hydrogen-bond acceptors (Lipinski definition) is 6. The molecule has 1 atom stereocenters. The quantitative estimate of drug-likeness (QED) is 0.825. The van der Waals surface area contributed by atoms with E-state index in [1.165, 1.54) is 12.4 Å². The second kappa shape index (κ2) is 8.53. The summed E-state index contributed by atoms with van der Waals surface area (Å²) in [6.07, 6.45) is 8.32. The van der Waals surface area contributed by atoms with Crippen molar-refractivity contribution in [2.75, 3.05) is 19.7 Å². The number of amides is 1. The predicted octanol–water partition coefficient (Wildman–Crippen LogP) is 1.66. The average Bonchev–Trinajstić information content (AvgIpc) is 3.08. The number of nitrogens with one attached hydrogen (secondary N) is 1. The van der Waals surface area contributed by atoms with E-state index >= 15 is 0 Å². The fraction of sp³-hybridized carbons (Fsp3) is 0.444. The highest BCUT2D eigenvalue weighted by molar-refractivity contribution is 5.92. The summed E-state index contributed by atoms with van der Waals surface area (Å²) in [6.45, 7) is 5.34. The van der Waals surface area contributed by atoms with Crippen LogP contribution >= 0.6 is 0 Å². The molecule has 2 aromatic rings. The van der Waals surface area contributed by atoms with Crippen LogP contribution in [0.15, 0.2) is 36.9 Å². The molecule has 0 bridgehead atoms. The molecule has 0 saturated carbocycles. The third-order valence-electron chi connectivity index (χ3n) is 4.06. The van der Waals surface area contributed by atoms with Crippen molar-refractivity contribution in [3.63, 3.8) is 0 Å². The average molecular weight is 341 g/mol. The first-order valence-electron chi connectivity index (χ1n) is 8.61. The van der Waals surface area contributed by atoms with Crippen LogP contribution in [-0.2, 0) is 6.54 Å². The number of nitrogens with zero attached hydrogens (tertiary/aromatic N) is 4. The van der Waals surface area contributed by atoms with E-state index in [2.05, 4.69) is 32.1 Å². The molecule has 0 aromatic carbocycles. The Balaban J connectivity index is 1.47. The number of hydrogen-bond donors (Lipinski definition) is 1. The summed E-state index contributed by atoms with van der Waals surface area (Å²) in [7, 11) is 0. The van der Waals surface area contributed by atoms with E-state index < -0.39 is 0 Å². The smallest absolute Gasteiger partial charge is 0.271 e. The molecule has 1 aliphatic heterocycles. The van der Waals surface area contributed by atoms with Gasteiger partial charge in [-0.15, -0.1) is 0 Å². The molecule has 25 heavy (non-hydrogen) atoms. The van der Waals surface area contributed by atoms with E-state index in [4.69, 9.17) is 4.74 Å². The first-order chi connectivity index (χ1) is 12.2. The molecule has 2 aromatic heterocycles. The van der Waals surface area contributed by atoms with E-state index in [-0.39, 0.29) is 11.9 Å². The summed E-state index contributed by atoms with van der Waals surface area (Å²) in [5, 5.41) is 3.02. The van der Waals surface area contributed by atoms with Crippen LogP contribution in [0.1, 0.15) is 35.8 Å². The van der Waals surface area contributed by atoms with Gasteiger partial charge in [0.1, 0.15) is 5.69 Å². The van der Waals surface area contributed by atoms with E-state index in [9.17, 15) is 4.79 Å². The standard InChI is InChI=1S/C18H23N5O2/c1-2-9-25-17-4-3-14(10-21-17)12-23-8-5-15(13-23)22-18(24)16-11-19-6-7-20-16/h3-4,6-7,10-11,15H,2,5,8-9,12-13H2,1H3,(H,22,24)/t15-/m1/s1. The summed E-state index contributed by atoms with van der Waals surface area (Å²) >= 11 is 0. The van der Waals surface area contributed by atoms with Gasteiger partial charge in [0, 0.05) is 50.3 Å². The van der Waals surface area contributed by atoms with Crippen molar-refractivity contribution in [1.29, 1.82) is 0 Å². The highest BCUT2D eigenvalue weighted by Gasteiger charge is 2.24. The Morgan fingerprint density at radius 1 is 1.32 bits per heavy atom. The summed E-state index contributed by atoms with van der Waals surface area (Å²) in [5.74, 6) is 0.500. The summed E-state index contributed by atoms with van der Waals surface area (Å²) in [5.41, 5.74) is 1.50. The normalized spacial score (nSPS) is 17.4. The Hall–Kier alpha value is -2.54. The van der Waals surface area contributed by atoms with Crippen molar-refractivity contribution >= 4 is 5.91 Å². The molecule has 1 fully saturated rings. The van der Waals surface area contributed by atoms with Gasteiger partial charge in [-0.2, -0.15) is 0 Å². The first kappa shape index (κ1) is 17.3. The molecule has 7 nitrogen and oxygen atoms in total. The van der Waals surface area contributed by atoms with Gasteiger partial charge in [0.05, 0.1) is 12.8 Å². The maximum absolute atomic E-state index is 12.1. The number of pyridine rings is 1. The molecule has 1 saturated heterocycles. The van der Waals surface area contributed by atoms with Gasteiger partial charge in [-0.25, -0.2) is 9.97 Å². The monoisotopic (exact) mass is 341 g/mol. The Bertz CT molecular complexity index is 678. The van der Waals surface area contributed by atoms with Crippen LogP contribution < -0.4 is 10.1 Å². The Kier molecular flexibility index (Phi) is 5.90. The van der Waals surface area contributed by atoms with Crippen molar-refractivity contribution in [2.24, 2.45) is 0 Å². The topological polar surface area (TPSA) is 80.2 Å². The first-order valence-corrected chi connectivity index (χ1v) is 8.61. The Morgan fingerprint density at radius 2 is 2.24 bits per heavy atom. The molecule has 3 rings (SSSR count). The summed E-state index contributed by atoms with van der Waals surface area (Å²) in [6, 6.07) is 4.09. The lowest BCUT2D eigenvalue weighted by atomic mass is 10.2. The zero-order valence-corrected chi connectivity index (χ0v) is 14.4. The number of carbonyl (C=O) groups is 1. The van der Waals surface area contributed by atoms with Gasteiger partial charge in [-0.05, 0) is 18.4 Å². The van der Waals surface area contributed by atoms with Crippen molar-refractivity contribution < 1.29 is 9.53 Å². The molecule has 132 valence electrons. The predicted molar refractivity (Wildman–Crippen MR) is 93.2 cm³/mol. The van der Waals surface area contributed by atoms with Crippen LogP contribution in [0, 0.1) is 0 Å². The van der Waals surface area contributed by atoms with Crippen LogP contribution in [0.5, 0.6) is 5.88 Å². The number of aromatic nitrogens is 3. The molecule has 1 N–H and O–H groups in total. The second-order valence-corrected chi connectivity index (χ2v) is 6.14. The Morgan fingerprint density at radius 3 is 2.96 bits per heavy atom. The van der Waals surface area contributed by atoms with Gasteiger partial charge in [-0.3, -0.25) is 14.7 Å². The fourth-order valence-electron chi connectivity index (χ4n) is 2.82. The van der Waals surface area contributed by atoms with Crippen LogP contribution in [-0.4, -0.2) is 51.5 Å². The number of carbonyl (C=O) groups excluding carboxylic acids is 1. The summed E-state index contributed by atoms with van der Waals surface area (Å²) in [4.78, 5) is 26.7. The number of rotatable bonds is 7. The van der Waals surface area contributed by atoms with E-state index in [0.29, 0.717) is 18.2 Å². The number of likely N-dealkylation sites (tertiary alicyclic amines) is 1. The maximum atomic E-state index is 12.1. The third kappa shape index (κ3) is 4.96. The minimum atomic E-state index is -0.168. The highest BCUT2D eigenvalue weighted by atomic mass is 16.5. The van der Waals surface area contributed by atoms with Crippen LogP contribution in [0.2, 0.25) is 0 Å². The fourth-order valence-corrected chi connectivity index (χ4v) is 2.82. The zero-order valence-electron chi connectivity index (χ0n) is 14.4. The highest BCUT2D eigenvalue weighted by Crippen LogP contribution is 2.15. The van der Waals surface area contributed by atoms with Gasteiger partial charge in [0.25, 0.3) is 5.91 Å². The lowest BCUT2D eigenvalue weighted by Gasteiger charge is -2.16. The molecule has 0 spiro atoms. The maximum Gasteiger partial charge on any atom is 0.271 e. The minimum absolute atomic E-state index is 0.134. The molecule has 3 heterocycles. The van der Waals surface area contributed by atoms with Gasteiger partial charge >= 0.3 is 0 Å². The molecular formula is C18H23N5O2. The van der Waals surface area contributed by atoms with Crippen molar-refractivity contribution in [2.45, 2.75) is 32.4 Å². The van der Waals surface area contributed by atoms with Gasteiger partial charge < -0.3 is 10.1 Å². The van der Waals surface area contributed by atoms with Gasteiger partial charge in [-0.1, -0.05) is 13.0 Å². The molecule has 7 heteroatoms. The van der Waals surface area contributed by atoms with E-state index in [0.717, 1.165) is 38.0 Å². The third-order valence-corrected chi connectivity index (χ3v) is 4.06. The lowest BCUT2D eigenvalue weighted by molar-refractivity contribution is 0.0932. The SMILES string of the molecule is CCCOc1ccc(CN2CC[C@@H](NC(=O)c3cnccn3)C2)cn1. The zero-order chi connectivity index (χ0) is 17.5. The molecule has 0 aliphatic carbocycles. The molecule has 0 radical (unpaired) electrons. The lowest BCUT2D eigenvalue weighted by Crippen LogP contribution is -2.37. The second-order valence-electron chi connectivity index (χ2n) is 6.14. The van der Waals surface area contributed by atoms with Crippen molar-refractivity contribution in [3.05, 3.63) is 48.2 Å². The molecule has 1 aliphatic rings. The van der Waals surface area contributed by atoms with Gasteiger partial charge in [0.15, 0.2) is 0 Å². The van der Waals surface area contributed by atoms with Crippen LogP contribution in [0.3, 0.4) is 0 Å². The molecule has 1 amide bonds. The largest absolute Gasteiger partial charge is 0.478 e. The van der Waals surface area contributed by atoms with E-state index in [1.807, 2.05) is 18.3 Å².